The molecule has 4 radical (unpaired) electrons. The molecule has 3 aliphatic carbocycles. The minimum Gasteiger partial charge on any atom is -0.513 e. The number of benzene rings is 1. The summed E-state index contributed by atoms with van der Waals surface area (Å²) in [6.45, 7) is 0. The quantitative estimate of drug-likeness (QED) is 0.765. The maximum Gasteiger partial charge on any atom is 0.181 e. The van der Waals surface area contributed by atoms with Crippen LogP contribution in [-0.2, 0) is 12.8 Å². The molecule has 1 aromatic carbocycles. The van der Waals surface area contributed by atoms with Crippen LogP contribution in [0, 0.1) is 5.92 Å². The van der Waals surface area contributed by atoms with Crippen molar-refractivity contribution in [3.63, 3.8) is 0 Å². The largest absolute Gasteiger partial charge is 0.513 e. The number of allylic oxidation sites excluding steroid dienone is 4. The van der Waals surface area contributed by atoms with Crippen LogP contribution in [0.1, 0.15) is 61.1 Å². The lowest BCUT2D eigenvalue weighted by atomic mass is 9.68. The van der Waals surface area contributed by atoms with E-state index in [9.17, 15) is 10.2 Å². The molecule has 0 aliphatic heterocycles. The van der Waals surface area contributed by atoms with Gasteiger partial charge in [0.2, 0.25) is 0 Å². The van der Waals surface area contributed by atoms with Crippen LogP contribution >= 0.6 is 0 Å². The highest BCUT2D eigenvalue weighted by atomic mass is 27.1. The van der Waals surface area contributed by atoms with E-state index in [0.29, 0.717) is 17.4 Å². The van der Waals surface area contributed by atoms with E-state index < -0.39 is 0 Å². The molecule has 0 bridgehead atoms. The van der Waals surface area contributed by atoms with E-state index >= 15 is 0 Å². The monoisotopic (exact) mass is 348 g/mol. The van der Waals surface area contributed by atoms with E-state index in [1.54, 1.807) is 0 Å². The molecule has 0 heterocycles. The van der Waals surface area contributed by atoms with Gasteiger partial charge in [-0.1, -0.05) is 28.6 Å². The van der Waals surface area contributed by atoms with E-state index in [-0.39, 0.29) is 5.92 Å². The molecule has 0 amide bonds. The van der Waals surface area contributed by atoms with Crippen LogP contribution in [0.2, 0.25) is 0 Å². The summed E-state index contributed by atoms with van der Waals surface area (Å²) in [7, 11) is 0. The predicted octanol–water partition coefficient (Wildman–Crippen LogP) is 3.22. The van der Waals surface area contributed by atoms with Crippen molar-refractivity contribution in [2.45, 2.75) is 57.3 Å². The minimum absolute atomic E-state index is 0.0786. The van der Waals surface area contributed by atoms with Crippen LogP contribution in [0.4, 0.5) is 0 Å². The molecule has 4 rings (SSSR count). The maximum absolute atomic E-state index is 10.9. The Bertz CT molecular complexity index is 748. The van der Waals surface area contributed by atoms with Gasteiger partial charge in [0.15, 0.2) is 32.6 Å². The van der Waals surface area contributed by atoms with Crippen LogP contribution in [0.3, 0.4) is 0 Å². The third kappa shape index (κ3) is 2.69. The number of phenolic OH excluding ortho intramolecular Hbond substituents is 1. The lowest BCUT2D eigenvalue weighted by Crippen LogP contribution is -2.28. The zero-order chi connectivity index (χ0) is 16.8. The molecule has 1 saturated carbocycles. The summed E-state index contributed by atoms with van der Waals surface area (Å²) in [6.07, 6.45) is 11.3. The highest BCUT2D eigenvalue weighted by Crippen LogP contribution is 2.50. The second-order valence-electron chi connectivity index (χ2n) is 7.46. The number of aliphatic hydroxyl groups is 1. The lowest BCUT2D eigenvalue weighted by molar-refractivity contribution is 0.292. The first-order valence-corrected chi connectivity index (χ1v) is 10.3. The second-order valence-corrected chi connectivity index (χ2v) is 8.71. The fraction of sp³-hybridized carbons (Fsp3) is 0.500. The number of fused-ring (bicyclic) bond motifs is 2. The summed E-state index contributed by atoms with van der Waals surface area (Å²) in [5, 5.41) is 21.9. The van der Waals surface area contributed by atoms with E-state index in [1.165, 1.54) is 42.4 Å². The molecule has 1 fully saturated rings. The van der Waals surface area contributed by atoms with Crippen molar-refractivity contribution >= 4 is 37.0 Å². The normalized spacial score (nSPS) is 26.6. The van der Waals surface area contributed by atoms with Crippen LogP contribution in [0.15, 0.2) is 27.9 Å². The Morgan fingerprint density at radius 3 is 2.54 bits per heavy atom. The van der Waals surface area contributed by atoms with Gasteiger partial charge in [0.05, 0.1) is 11.7 Å². The zero-order valence-electron chi connectivity index (χ0n) is 14.0. The molecule has 4 heteroatoms. The van der Waals surface area contributed by atoms with Crippen LogP contribution in [0.5, 0.6) is 5.75 Å². The average Bonchev–Trinajstić information content (AvgIpc) is 2.58. The first-order valence-electron chi connectivity index (χ1n) is 9.10. The van der Waals surface area contributed by atoms with Crippen LogP contribution in [-0.4, -0.2) is 42.8 Å². The van der Waals surface area contributed by atoms with Crippen molar-refractivity contribution in [3.05, 3.63) is 44.6 Å². The fourth-order valence-electron chi connectivity index (χ4n) is 4.89. The van der Waals surface area contributed by atoms with E-state index in [4.69, 9.17) is 0 Å². The number of hydrogen-bond donors (Lipinski definition) is 2. The predicted molar refractivity (Wildman–Crippen MR) is 98.3 cm³/mol. The minimum atomic E-state index is -0.0786. The summed E-state index contributed by atoms with van der Waals surface area (Å²) < 4.78 is 1.77. The number of phenols is 1. The molecule has 24 heavy (non-hydrogen) atoms. The Morgan fingerprint density at radius 1 is 0.958 bits per heavy atom. The first-order chi connectivity index (χ1) is 11.6. The zero-order valence-corrected chi connectivity index (χ0v) is 16.3. The van der Waals surface area contributed by atoms with Crippen molar-refractivity contribution in [2.75, 3.05) is 0 Å². The average molecular weight is 348 g/mol. The Kier molecular flexibility index (Phi) is 4.62. The molecule has 120 valence electrons. The smallest absolute Gasteiger partial charge is 0.181 e. The van der Waals surface area contributed by atoms with Gasteiger partial charge in [-0.15, -0.1) is 4.44 Å². The number of aromatic hydroxyl groups is 1. The van der Waals surface area contributed by atoms with Gasteiger partial charge in [-0.05, 0) is 62.0 Å². The molecule has 3 aliphatic rings. The molecule has 0 spiro atoms. The molecule has 1 aromatic rings. The van der Waals surface area contributed by atoms with Gasteiger partial charge in [-0.25, -0.2) is 0 Å². The van der Waals surface area contributed by atoms with Gasteiger partial charge in [-0.2, -0.15) is 0 Å². The van der Waals surface area contributed by atoms with Gasteiger partial charge in [0.1, 0.15) is 5.75 Å². The Hall–Kier alpha value is -0.635. The number of hydrogen-bond acceptors (Lipinski definition) is 2. The standard InChI is InChI=1S/C20H22O2.2Al/c21-17-11-9-13-5-1-3-7-15(13)19(17)20-16-8-4-2-6-14(16)10-12-18(20)22;;/h9-10,15,19,21-22H,1-8H2;;. The molecule has 2 unspecified atom stereocenters. The van der Waals surface area contributed by atoms with Gasteiger partial charge in [-0.3, -0.25) is 0 Å². The van der Waals surface area contributed by atoms with Crippen molar-refractivity contribution < 1.29 is 10.2 Å². The fourth-order valence-corrected chi connectivity index (χ4v) is 5.64. The number of aliphatic hydroxyl groups excluding tert-OH is 1. The van der Waals surface area contributed by atoms with E-state index in [1.807, 2.05) is 0 Å². The van der Waals surface area contributed by atoms with Crippen molar-refractivity contribution in [1.82, 2.24) is 0 Å². The molecule has 2 atom stereocenters. The van der Waals surface area contributed by atoms with Gasteiger partial charge >= 0.3 is 0 Å². The Morgan fingerprint density at radius 2 is 1.71 bits per heavy atom. The number of rotatable bonds is 1. The SMILES string of the molecule is OC1=[C]([Al])C=C2CCCCC2C1c1c(O)[c]([Al])cc2c1CCCC2. The summed E-state index contributed by atoms with van der Waals surface area (Å²) in [6, 6.07) is 2.13. The van der Waals surface area contributed by atoms with Crippen molar-refractivity contribution in [2.24, 2.45) is 5.92 Å². The molecular weight excluding hydrogens is 326 g/mol. The van der Waals surface area contributed by atoms with E-state index in [0.717, 1.165) is 40.1 Å². The van der Waals surface area contributed by atoms with E-state index in [2.05, 4.69) is 44.7 Å². The second kappa shape index (κ2) is 6.59. The number of aryl methyl sites for hydroxylation is 1. The summed E-state index contributed by atoms with van der Waals surface area (Å²) in [5.41, 5.74) is 5.12. The summed E-state index contributed by atoms with van der Waals surface area (Å²) in [4.78, 5) is 0. The highest BCUT2D eigenvalue weighted by molar-refractivity contribution is 6.34. The Balaban J connectivity index is 1.91. The summed E-state index contributed by atoms with van der Waals surface area (Å²) >= 11 is 5.38. The third-order valence-corrected chi connectivity index (χ3v) is 6.95. The molecule has 0 aromatic heterocycles. The highest BCUT2D eigenvalue weighted by Gasteiger charge is 2.38. The first kappa shape index (κ1) is 16.8. The van der Waals surface area contributed by atoms with Crippen LogP contribution < -0.4 is 4.43 Å². The molecular formula is C20H22Al2O2. The van der Waals surface area contributed by atoms with Crippen LogP contribution in [0.25, 0.3) is 0 Å². The van der Waals surface area contributed by atoms with Gasteiger partial charge in [0, 0.05) is 5.56 Å². The summed E-state index contributed by atoms with van der Waals surface area (Å²) in [5.74, 6) is 1.08. The van der Waals surface area contributed by atoms with Gasteiger partial charge < -0.3 is 10.2 Å². The van der Waals surface area contributed by atoms with Gasteiger partial charge in [0.25, 0.3) is 0 Å². The third-order valence-electron chi connectivity index (χ3n) is 6.05. The molecule has 0 saturated heterocycles. The topological polar surface area (TPSA) is 40.5 Å². The Labute approximate surface area is 160 Å². The molecule has 2 N–H and O–H groups in total. The maximum atomic E-state index is 10.9. The van der Waals surface area contributed by atoms with Crippen molar-refractivity contribution in [3.8, 4) is 5.75 Å². The van der Waals surface area contributed by atoms with Crippen molar-refractivity contribution in [1.29, 1.82) is 0 Å². The molecule has 2 nitrogen and oxygen atoms in total. The lowest BCUT2D eigenvalue weighted by Gasteiger charge is -2.39.